The second-order valence-corrected chi connectivity index (χ2v) is 6.86. The molecular weight excluding hydrogens is 431 g/mol. The second kappa shape index (κ2) is 5.15. The quantitative estimate of drug-likeness (QED) is 0.408. The minimum atomic E-state index is 0.641. The Morgan fingerprint density at radius 1 is 1.13 bits per heavy atom. The normalized spacial score (nSPS) is 20.2. The summed E-state index contributed by atoms with van der Waals surface area (Å²) in [6.45, 7) is 0. The second-order valence-electron chi connectivity index (χ2n) is 3.43. The maximum absolute atomic E-state index is 3.51. The largest absolute Gasteiger partial charge is 0.0777 e. The minimum absolute atomic E-state index is 0.641. The Labute approximate surface area is 120 Å². The monoisotopic (exact) mass is 438 g/mol. The molecular formula is C12H9Br2I. The van der Waals surface area contributed by atoms with Gasteiger partial charge in [-0.25, -0.2) is 0 Å². The van der Waals surface area contributed by atoms with E-state index in [1.54, 1.807) is 0 Å². The van der Waals surface area contributed by atoms with E-state index in [2.05, 4.69) is 90.9 Å². The summed E-state index contributed by atoms with van der Waals surface area (Å²) >= 11 is 9.47. The van der Waals surface area contributed by atoms with Gasteiger partial charge in [-0.15, -0.1) is 0 Å². The van der Waals surface area contributed by atoms with E-state index in [1.807, 2.05) is 0 Å². The van der Waals surface area contributed by atoms with Gasteiger partial charge in [-0.2, -0.15) is 0 Å². The Morgan fingerprint density at radius 2 is 1.80 bits per heavy atom. The van der Waals surface area contributed by atoms with E-state index >= 15 is 0 Å². The highest BCUT2D eigenvalue weighted by atomic mass is 127. The number of allylic oxidation sites excluding steroid dienone is 4. The number of rotatable bonds is 1. The van der Waals surface area contributed by atoms with Crippen molar-refractivity contribution >= 4 is 60.0 Å². The Bertz CT molecular complexity index is 415. The summed E-state index contributed by atoms with van der Waals surface area (Å²) in [5.41, 5.74) is 2.57. The molecule has 0 heterocycles. The Morgan fingerprint density at radius 3 is 2.33 bits per heavy atom. The molecule has 0 amide bonds. The molecule has 0 aliphatic heterocycles. The van der Waals surface area contributed by atoms with Crippen molar-refractivity contribution in [1.29, 1.82) is 0 Å². The predicted molar refractivity (Wildman–Crippen MR) is 81.4 cm³/mol. The van der Waals surface area contributed by atoms with Crippen LogP contribution < -0.4 is 0 Å². The van der Waals surface area contributed by atoms with Crippen LogP contribution in [0.4, 0.5) is 0 Å². The Balaban J connectivity index is 2.34. The molecule has 0 radical (unpaired) electrons. The van der Waals surface area contributed by atoms with Crippen LogP contribution in [0.5, 0.6) is 0 Å². The van der Waals surface area contributed by atoms with Crippen molar-refractivity contribution in [1.82, 2.24) is 0 Å². The molecule has 1 unspecified atom stereocenters. The lowest BCUT2D eigenvalue weighted by Gasteiger charge is -2.11. The molecule has 15 heavy (non-hydrogen) atoms. The van der Waals surface area contributed by atoms with E-state index < -0.39 is 0 Å². The molecule has 1 atom stereocenters. The van der Waals surface area contributed by atoms with Crippen molar-refractivity contribution in [3.8, 4) is 0 Å². The van der Waals surface area contributed by atoms with Crippen molar-refractivity contribution in [3.63, 3.8) is 0 Å². The zero-order chi connectivity index (χ0) is 10.8. The fraction of sp³-hybridized carbons (Fsp3) is 0.167. The molecule has 78 valence electrons. The van der Waals surface area contributed by atoms with Crippen LogP contribution in [0, 0.1) is 0 Å². The van der Waals surface area contributed by atoms with Crippen LogP contribution in [-0.4, -0.2) is 3.92 Å². The topological polar surface area (TPSA) is 0 Å². The number of halogens is 3. The van der Waals surface area contributed by atoms with Gasteiger partial charge in [0.1, 0.15) is 0 Å². The average Bonchev–Trinajstić information content (AvgIpc) is 2.17. The third-order valence-electron chi connectivity index (χ3n) is 2.24. The number of hydrogen-bond acceptors (Lipinski definition) is 0. The summed E-state index contributed by atoms with van der Waals surface area (Å²) in [5.74, 6) is 0. The van der Waals surface area contributed by atoms with Crippen molar-refractivity contribution in [2.75, 3.05) is 0 Å². The average molecular weight is 440 g/mol. The maximum Gasteiger partial charge on any atom is 0.0327 e. The van der Waals surface area contributed by atoms with Gasteiger partial charge in [0.2, 0.25) is 0 Å². The molecule has 0 N–H and O–H groups in total. The van der Waals surface area contributed by atoms with Gasteiger partial charge in [0.05, 0.1) is 0 Å². The molecule has 0 bridgehead atoms. The fourth-order valence-electron chi connectivity index (χ4n) is 1.53. The zero-order valence-corrected chi connectivity index (χ0v) is 13.2. The molecule has 1 aromatic rings. The van der Waals surface area contributed by atoms with Gasteiger partial charge in [0.25, 0.3) is 0 Å². The lowest BCUT2D eigenvalue weighted by atomic mass is 10.00. The van der Waals surface area contributed by atoms with Crippen LogP contribution >= 0.6 is 54.5 Å². The molecule has 0 nitrogen and oxygen atoms in total. The van der Waals surface area contributed by atoms with Crippen LogP contribution in [0.3, 0.4) is 0 Å². The number of benzene rings is 1. The molecule has 0 saturated heterocycles. The summed E-state index contributed by atoms with van der Waals surface area (Å²) in [4.78, 5) is 0. The van der Waals surface area contributed by atoms with E-state index in [4.69, 9.17) is 0 Å². The first-order chi connectivity index (χ1) is 7.15. The highest BCUT2D eigenvalue weighted by molar-refractivity contribution is 14.1. The molecule has 0 saturated carbocycles. The minimum Gasteiger partial charge on any atom is -0.0777 e. The molecule has 0 aromatic heterocycles. The third kappa shape index (κ3) is 3.17. The number of alkyl halides is 1. The Hall–Kier alpha value is 0.390. The summed E-state index contributed by atoms with van der Waals surface area (Å²) in [7, 11) is 0. The lowest BCUT2D eigenvalue weighted by Crippen LogP contribution is -1.96. The highest BCUT2D eigenvalue weighted by Crippen LogP contribution is 2.29. The van der Waals surface area contributed by atoms with E-state index in [9.17, 15) is 0 Å². The molecule has 1 aliphatic carbocycles. The van der Waals surface area contributed by atoms with Gasteiger partial charge >= 0.3 is 0 Å². The molecule has 1 aliphatic rings. The van der Waals surface area contributed by atoms with E-state index in [0.29, 0.717) is 3.92 Å². The molecule has 0 spiro atoms. The predicted octanol–water partition coefficient (Wildman–Crippen LogP) is 5.36. The zero-order valence-electron chi connectivity index (χ0n) is 7.88. The summed E-state index contributed by atoms with van der Waals surface area (Å²) < 4.78 is 2.86. The summed E-state index contributed by atoms with van der Waals surface area (Å²) in [6, 6.07) is 6.35. The molecule has 1 aromatic carbocycles. The van der Waals surface area contributed by atoms with Gasteiger partial charge in [-0.05, 0) is 35.8 Å². The SMILES string of the molecule is Brc1cc(Br)cc(C2=CCC(I)C=C2)c1. The van der Waals surface area contributed by atoms with Crippen LogP contribution in [0.15, 0.2) is 45.4 Å². The number of hydrogen-bond donors (Lipinski definition) is 0. The first-order valence-corrected chi connectivity index (χ1v) is 7.47. The summed E-state index contributed by atoms with van der Waals surface area (Å²) in [5, 5.41) is 0. The summed E-state index contributed by atoms with van der Waals surface area (Å²) in [6.07, 6.45) is 7.88. The van der Waals surface area contributed by atoms with E-state index in [1.165, 1.54) is 11.1 Å². The maximum atomic E-state index is 3.51. The van der Waals surface area contributed by atoms with Crippen LogP contribution in [0.1, 0.15) is 12.0 Å². The van der Waals surface area contributed by atoms with E-state index in [0.717, 1.165) is 15.4 Å². The van der Waals surface area contributed by atoms with Gasteiger partial charge in [-0.3, -0.25) is 0 Å². The first-order valence-electron chi connectivity index (χ1n) is 4.64. The van der Waals surface area contributed by atoms with Gasteiger partial charge < -0.3 is 0 Å². The molecule has 3 heteroatoms. The van der Waals surface area contributed by atoms with Crippen molar-refractivity contribution in [3.05, 3.63) is 50.9 Å². The lowest BCUT2D eigenvalue weighted by molar-refractivity contribution is 1.10. The first kappa shape index (κ1) is 11.9. The fourth-order valence-corrected chi connectivity index (χ4v) is 3.28. The van der Waals surface area contributed by atoms with Gasteiger partial charge in [-0.1, -0.05) is 72.7 Å². The molecule has 0 fully saturated rings. The van der Waals surface area contributed by atoms with Crippen molar-refractivity contribution in [2.24, 2.45) is 0 Å². The molecule has 2 rings (SSSR count). The standard InChI is InChI=1S/C12H9Br2I/c13-10-5-9(6-11(14)7-10)8-1-3-12(15)4-2-8/h1-3,5-7,12H,4H2. The smallest absolute Gasteiger partial charge is 0.0327 e. The van der Waals surface area contributed by atoms with Crippen LogP contribution in [0.2, 0.25) is 0 Å². The van der Waals surface area contributed by atoms with Crippen LogP contribution in [0.25, 0.3) is 5.57 Å². The van der Waals surface area contributed by atoms with Crippen molar-refractivity contribution < 1.29 is 0 Å². The van der Waals surface area contributed by atoms with Crippen LogP contribution in [-0.2, 0) is 0 Å². The van der Waals surface area contributed by atoms with E-state index in [-0.39, 0.29) is 0 Å². The highest BCUT2D eigenvalue weighted by Gasteiger charge is 2.07. The third-order valence-corrected chi connectivity index (χ3v) is 4.08. The van der Waals surface area contributed by atoms with Crippen molar-refractivity contribution in [2.45, 2.75) is 10.3 Å². The Kier molecular flexibility index (Phi) is 4.07. The van der Waals surface area contributed by atoms with Gasteiger partial charge in [0.15, 0.2) is 0 Å². The van der Waals surface area contributed by atoms with Gasteiger partial charge in [0, 0.05) is 12.9 Å².